The van der Waals surface area contributed by atoms with Crippen molar-refractivity contribution < 1.29 is 9.59 Å². The first-order chi connectivity index (χ1) is 12.0. The number of nitrogens with zero attached hydrogens (tertiary/aromatic N) is 1. The number of nitrogens with one attached hydrogen (secondary N) is 1. The van der Waals surface area contributed by atoms with E-state index in [-0.39, 0.29) is 23.8 Å². The highest BCUT2D eigenvalue weighted by Crippen LogP contribution is 2.31. The van der Waals surface area contributed by atoms with Gasteiger partial charge in [-0.05, 0) is 35.7 Å². The number of nitrogens with two attached hydrogens (primary N) is 3. The van der Waals surface area contributed by atoms with Crippen LogP contribution in [0.3, 0.4) is 0 Å². The molecule has 0 aliphatic heterocycles. The first-order valence-corrected chi connectivity index (χ1v) is 7.79. The third-order valence-electron chi connectivity index (χ3n) is 4.12. The molecule has 1 heterocycles. The average molecular weight is 374 g/mol. The van der Waals surface area contributed by atoms with Crippen molar-refractivity contribution in [1.82, 2.24) is 4.98 Å². The predicted molar refractivity (Wildman–Crippen MR) is 105 cm³/mol. The van der Waals surface area contributed by atoms with Crippen molar-refractivity contribution in [3.8, 4) is 11.1 Å². The molecule has 136 valence electrons. The second-order valence-electron chi connectivity index (χ2n) is 5.72. The molecule has 2 aromatic carbocycles. The molecule has 0 unspecified atom stereocenters. The largest absolute Gasteiger partial charge is 0.365 e. The number of aromatic amines is 1. The van der Waals surface area contributed by atoms with Crippen molar-refractivity contribution in [2.24, 2.45) is 17.3 Å². The lowest BCUT2D eigenvalue weighted by atomic mass is 10.0. The zero-order valence-corrected chi connectivity index (χ0v) is 14.8. The summed E-state index contributed by atoms with van der Waals surface area (Å²) in [7, 11) is 0. The molecular formula is C18H20ClN5O2. The second kappa shape index (κ2) is 8.01. The summed E-state index contributed by atoms with van der Waals surface area (Å²) >= 11 is 0. The van der Waals surface area contributed by atoms with E-state index in [0.29, 0.717) is 23.9 Å². The Hall–Kier alpha value is -2.87. The molecule has 2 amide bonds. The van der Waals surface area contributed by atoms with E-state index < -0.39 is 5.91 Å². The number of fused-ring (bicyclic) bond motifs is 1. The molecule has 0 fully saturated rings. The number of benzene rings is 2. The Morgan fingerprint density at radius 1 is 1.12 bits per heavy atom. The molecule has 3 aromatic rings. The maximum absolute atomic E-state index is 11.8. The summed E-state index contributed by atoms with van der Waals surface area (Å²) in [5.74, 6) is 5.13. The Kier molecular flexibility index (Phi) is 5.99. The van der Waals surface area contributed by atoms with Crippen molar-refractivity contribution >= 4 is 41.4 Å². The van der Waals surface area contributed by atoms with Gasteiger partial charge in [0.1, 0.15) is 5.82 Å². The van der Waals surface area contributed by atoms with Gasteiger partial charge in [-0.25, -0.2) is 10.9 Å². The number of carbonyl (C=O) groups excluding carboxylic acids is 2. The van der Waals surface area contributed by atoms with E-state index in [0.717, 1.165) is 22.6 Å². The number of carbonyl (C=O) groups is 2. The van der Waals surface area contributed by atoms with Crippen LogP contribution in [0, 0.1) is 0 Å². The van der Waals surface area contributed by atoms with Crippen LogP contribution < -0.4 is 22.3 Å². The molecule has 0 spiro atoms. The van der Waals surface area contributed by atoms with E-state index in [4.69, 9.17) is 17.3 Å². The fourth-order valence-corrected chi connectivity index (χ4v) is 2.89. The monoisotopic (exact) mass is 373 g/mol. The van der Waals surface area contributed by atoms with Crippen molar-refractivity contribution in [3.63, 3.8) is 0 Å². The Balaban J connectivity index is 0.00000243. The Morgan fingerprint density at radius 2 is 1.77 bits per heavy atom. The van der Waals surface area contributed by atoms with Gasteiger partial charge in [-0.2, -0.15) is 0 Å². The number of hydrogen-bond acceptors (Lipinski definition) is 4. The van der Waals surface area contributed by atoms with Crippen LogP contribution in [0.15, 0.2) is 42.5 Å². The van der Waals surface area contributed by atoms with E-state index in [9.17, 15) is 9.59 Å². The summed E-state index contributed by atoms with van der Waals surface area (Å²) in [4.78, 5) is 25.7. The van der Waals surface area contributed by atoms with Gasteiger partial charge in [-0.15, -0.1) is 12.4 Å². The molecule has 0 radical (unpaired) electrons. The molecule has 7 N–H and O–H groups in total. The van der Waals surface area contributed by atoms with E-state index in [2.05, 4.69) is 4.98 Å². The van der Waals surface area contributed by atoms with E-state index in [1.165, 1.54) is 5.56 Å². The second-order valence-corrected chi connectivity index (χ2v) is 5.72. The van der Waals surface area contributed by atoms with Crippen LogP contribution in [0.1, 0.15) is 15.9 Å². The van der Waals surface area contributed by atoms with Gasteiger partial charge in [0.15, 0.2) is 0 Å². The Labute approximate surface area is 156 Å². The zero-order valence-electron chi connectivity index (χ0n) is 13.9. The Bertz CT molecular complexity index is 937. The molecule has 0 saturated heterocycles. The van der Waals surface area contributed by atoms with Crippen molar-refractivity contribution in [3.05, 3.63) is 53.6 Å². The SMILES string of the molecule is Cl.NCCc1ccc(-c2ccc3c(C(N)=O)c(N(N)C=O)[nH]c3c2)cc1. The molecule has 0 saturated carbocycles. The van der Waals surface area contributed by atoms with Gasteiger partial charge >= 0.3 is 0 Å². The summed E-state index contributed by atoms with van der Waals surface area (Å²) < 4.78 is 0. The number of hydrazine groups is 1. The highest BCUT2D eigenvalue weighted by atomic mass is 35.5. The molecule has 1 aromatic heterocycles. The van der Waals surface area contributed by atoms with Gasteiger partial charge in [0.2, 0.25) is 6.41 Å². The molecule has 26 heavy (non-hydrogen) atoms. The van der Waals surface area contributed by atoms with Crippen LogP contribution in [0.4, 0.5) is 5.82 Å². The molecule has 7 nitrogen and oxygen atoms in total. The molecule has 0 aliphatic rings. The van der Waals surface area contributed by atoms with Crippen LogP contribution >= 0.6 is 12.4 Å². The van der Waals surface area contributed by atoms with Gasteiger partial charge in [0.25, 0.3) is 5.91 Å². The minimum Gasteiger partial charge on any atom is -0.365 e. The Morgan fingerprint density at radius 3 is 2.35 bits per heavy atom. The number of halogens is 1. The minimum absolute atomic E-state index is 0. The van der Waals surface area contributed by atoms with Gasteiger partial charge in [0.05, 0.1) is 5.56 Å². The predicted octanol–water partition coefficient (Wildman–Crippen LogP) is 1.69. The molecule has 0 atom stereocenters. The molecule has 3 rings (SSSR count). The molecule has 0 aliphatic carbocycles. The van der Waals surface area contributed by atoms with Crippen LogP contribution in [0.25, 0.3) is 22.0 Å². The van der Waals surface area contributed by atoms with Crippen LogP contribution in [0.5, 0.6) is 0 Å². The zero-order chi connectivity index (χ0) is 18.0. The smallest absolute Gasteiger partial charge is 0.253 e. The van der Waals surface area contributed by atoms with Gasteiger partial charge in [0, 0.05) is 10.9 Å². The average Bonchev–Trinajstić information content (AvgIpc) is 3.00. The van der Waals surface area contributed by atoms with Gasteiger partial charge in [-0.3, -0.25) is 9.59 Å². The van der Waals surface area contributed by atoms with Crippen LogP contribution in [-0.4, -0.2) is 23.8 Å². The van der Waals surface area contributed by atoms with E-state index >= 15 is 0 Å². The number of primary amides is 1. The summed E-state index contributed by atoms with van der Waals surface area (Å²) in [5, 5.41) is 1.42. The maximum Gasteiger partial charge on any atom is 0.253 e. The van der Waals surface area contributed by atoms with E-state index in [1.54, 1.807) is 6.07 Å². The molecule has 8 heteroatoms. The number of hydrogen-bond donors (Lipinski definition) is 4. The fraction of sp³-hybridized carbons (Fsp3) is 0.111. The van der Waals surface area contributed by atoms with Crippen LogP contribution in [-0.2, 0) is 11.2 Å². The minimum atomic E-state index is -0.655. The third kappa shape index (κ3) is 3.55. The number of anilines is 1. The quantitative estimate of drug-likeness (QED) is 0.226. The van der Waals surface area contributed by atoms with Gasteiger partial charge in [-0.1, -0.05) is 36.4 Å². The topological polar surface area (TPSA) is 131 Å². The third-order valence-corrected chi connectivity index (χ3v) is 4.12. The van der Waals surface area contributed by atoms with Crippen molar-refractivity contribution in [2.45, 2.75) is 6.42 Å². The lowest BCUT2D eigenvalue weighted by Crippen LogP contribution is -2.31. The molecular weight excluding hydrogens is 354 g/mol. The van der Waals surface area contributed by atoms with Crippen molar-refractivity contribution in [1.29, 1.82) is 0 Å². The first kappa shape index (κ1) is 19.5. The number of aromatic nitrogens is 1. The summed E-state index contributed by atoms with van der Waals surface area (Å²) in [6.45, 7) is 0.610. The number of rotatable bonds is 6. The summed E-state index contributed by atoms with van der Waals surface area (Å²) in [6.07, 6.45) is 1.24. The highest BCUT2D eigenvalue weighted by Gasteiger charge is 2.19. The summed E-state index contributed by atoms with van der Waals surface area (Å²) in [5.41, 5.74) is 15.0. The lowest BCUT2D eigenvalue weighted by molar-refractivity contribution is -0.107. The fourth-order valence-electron chi connectivity index (χ4n) is 2.89. The highest BCUT2D eigenvalue weighted by molar-refractivity contribution is 6.12. The van der Waals surface area contributed by atoms with Gasteiger partial charge < -0.3 is 16.5 Å². The number of H-pyrrole nitrogens is 1. The summed E-state index contributed by atoms with van der Waals surface area (Å²) in [6, 6.07) is 13.7. The lowest BCUT2D eigenvalue weighted by Gasteiger charge is -2.08. The first-order valence-electron chi connectivity index (χ1n) is 7.79. The molecule has 0 bridgehead atoms. The van der Waals surface area contributed by atoms with E-state index in [1.807, 2.05) is 36.4 Å². The normalized spacial score (nSPS) is 10.4. The van der Waals surface area contributed by atoms with Crippen LogP contribution in [0.2, 0.25) is 0 Å². The standard InChI is InChI=1S/C18H19N5O2.ClH/c19-8-7-11-1-3-12(4-2-11)13-5-6-14-15(9-13)22-18(23(21)10-24)16(14)17(20)25;/h1-6,9-10,22H,7-8,19,21H2,(H2,20,25);1H. The maximum atomic E-state index is 11.8. The number of amides is 2. The van der Waals surface area contributed by atoms with Crippen molar-refractivity contribution in [2.75, 3.05) is 11.6 Å².